The Hall–Kier alpha value is -3.11. The Morgan fingerprint density at radius 1 is 0.970 bits per heavy atom. The quantitative estimate of drug-likeness (QED) is 0.583. The highest BCUT2D eigenvalue weighted by Crippen LogP contribution is 2.26. The van der Waals surface area contributed by atoms with Gasteiger partial charge in [0.15, 0.2) is 6.10 Å². The fourth-order valence-electron chi connectivity index (χ4n) is 3.45. The molecule has 0 aromatic heterocycles. The zero-order valence-electron chi connectivity index (χ0n) is 18.9. The minimum absolute atomic E-state index is 0.158. The van der Waals surface area contributed by atoms with Crippen LogP contribution in [0.2, 0.25) is 0 Å². The zero-order chi connectivity index (χ0) is 24.0. The first-order chi connectivity index (χ1) is 15.8. The molecule has 1 aliphatic rings. The van der Waals surface area contributed by atoms with E-state index >= 15 is 0 Å². The average molecular weight is 477 g/mol. The lowest BCUT2D eigenvalue weighted by molar-refractivity contribution is -0.123. The number of anilines is 1. The summed E-state index contributed by atoms with van der Waals surface area (Å²) in [6.45, 7) is 2.48. The van der Waals surface area contributed by atoms with Crippen LogP contribution in [0.25, 0.3) is 0 Å². The van der Waals surface area contributed by atoms with Crippen LogP contribution in [0.1, 0.15) is 36.5 Å². The summed E-state index contributed by atoms with van der Waals surface area (Å²) < 4.78 is 42.5. The van der Waals surface area contributed by atoms with Gasteiger partial charge in [-0.3, -0.25) is 4.79 Å². The number of ether oxygens (including phenoxy) is 3. The molecule has 178 valence electrons. The van der Waals surface area contributed by atoms with Crippen molar-refractivity contribution >= 4 is 27.6 Å². The molecule has 1 heterocycles. The van der Waals surface area contributed by atoms with Crippen molar-refractivity contribution in [1.29, 1.82) is 0 Å². The standard InChI is InChI=1S/C23H28N2O7S/c1-16(32-23(27)20-12-9-18(30-2)15-21(20)31-3)22(26)24-17-7-10-19(11-8-17)33(28,29)25-13-5-4-6-14-25/h7-12,15-16H,4-6,13-14H2,1-3H3,(H,24,26)/t16-/m0/s1. The number of rotatable bonds is 8. The van der Waals surface area contributed by atoms with E-state index in [2.05, 4.69) is 5.32 Å². The van der Waals surface area contributed by atoms with Crippen LogP contribution < -0.4 is 14.8 Å². The van der Waals surface area contributed by atoms with Crippen molar-refractivity contribution < 1.29 is 32.2 Å². The Morgan fingerprint density at radius 2 is 1.64 bits per heavy atom. The summed E-state index contributed by atoms with van der Waals surface area (Å²) in [5.74, 6) is -0.500. The molecule has 2 aromatic carbocycles. The van der Waals surface area contributed by atoms with Crippen LogP contribution in [-0.4, -0.2) is 58.0 Å². The molecule has 0 unspecified atom stereocenters. The van der Waals surface area contributed by atoms with E-state index in [-0.39, 0.29) is 16.2 Å². The smallest absolute Gasteiger partial charge is 0.342 e. The third kappa shape index (κ3) is 5.82. The van der Waals surface area contributed by atoms with Crippen molar-refractivity contribution in [3.63, 3.8) is 0 Å². The number of carbonyl (C=O) groups is 2. The lowest BCUT2D eigenvalue weighted by Gasteiger charge is -2.25. The molecule has 0 spiro atoms. The molecule has 0 aliphatic carbocycles. The highest BCUT2D eigenvalue weighted by atomic mass is 32.2. The molecular weight excluding hydrogens is 448 g/mol. The van der Waals surface area contributed by atoms with Crippen LogP contribution in [0.5, 0.6) is 11.5 Å². The minimum atomic E-state index is -3.55. The SMILES string of the molecule is COc1ccc(C(=O)O[C@@H](C)C(=O)Nc2ccc(S(=O)(=O)N3CCCCC3)cc2)c(OC)c1. The van der Waals surface area contributed by atoms with Crippen molar-refractivity contribution in [2.45, 2.75) is 37.2 Å². The lowest BCUT2D eigenvalue weighted by atomic mass is 10.2. The third-order valence-electron chi connectivity index (χ3n) is 5.36. The van der Waals surface area contributed by atoms with Gasteiger partial charge in [0.05, 0.1) is 19.1 Å². The molecule has 1 N–H and O–H groups in total. The second-order valence-corrected chi connectivity index (χ2v) is 9.53. The van der Waals surface area contributed by atoms with E-state index in [9.17, 15) is 18.0 Å². The van der Waals surface area contributed by atoms with E-state index in [0.29, 0.717) is 24.5 Å². The zero-order valence-corrected chi connectivity index (χ0v) is 19.7. The van der Waals surface area contributed by atoms with Gasteiger partial charge in [0, 0.05) is 24.8 Å². The lowest BCUT2D eigenvalue weighted by Crippen LogP contribution is -2.35. The van der Waals surface area contributed by atoms with Gasteiger partial charge in [0.2, 0.25) is 10.0 Å². The molecule has 1 fully saturated rings. The summed E-state index contributed by atoms with van der Waals surface area (Å²) in [7, 11) is -0.643. The molecule has 10 heteroatoms. The van der Waals surface area contributed by atoms with Crippen LogP contribution in [0.3, 0.4) is 0 Å². The van der Waals surface area contributed by atoms with Crippen LogP contribution >= 0.6 is 0 Å². The van der Waals surface area contributed by atoms with Gasteiger partial charge in [0.1, 0.15) is 17.1 Å². The van der Waals surface area contributed by atoms with Gasteiger partial charge in [-0.1, -0.05) is 6.42 Å². The molecule has 0 radical (unpaired) electrons. The summed E-state index contributed by atoms with van der Waals surface area (Å²) >= 11 is 0. The highest BCUT2D eigenvalue weighted by Gasteiger charge is 2.26. The number of esters is 1. The Bertz CT molecular complexity index is 1090. The maximum atomic E-state index is 12.7. The number of hydrogen-bond acceptors (Lipinski definition) is 7. The topological polar surface area (TPSA) is 111 Å². The number of piperidine rings is 1. The minimum Gasteiger partial charge on any atom is -0.497 e. The molecule has 3 rings (SSSR count). The first-order valence-corrected chi connectivity index (χ1v) is 12.0. The van der Waals surface area contributed by atoms with Crippen molar-refractivity contribution in [1.82, 2.24) is 4.31 Å². The largest absolute Gasteiger partial charge is 0.497 e. The van der Waals surface area contributed by atoms with E-state index < -0.39 is 28.0 Å². The fraction of sp³-hybridized carbons (Fsp3) is 0.391. The van der Waals surface area contributed by atoms with Crippen LogP contribution in [0.4, 0.5) is 5.69 Å². The Balaban J connectivity index is 1.62. The van der Waals surface area contributed by atoms with Gasteiger partial charge in [-0.25, -0.2) is 13.2 Å². The van der Waals surface area contributed by atoms with Gasteiger partial charge in [-0.05, 0) is 56.2 Å². The number of sulfonamides is 1. The van der Waals surface area contributed by atoms with Crippen molar-refractivity contribution in [3.8, 4) is 11.5 Å². The third-order valence-corrected chi connectivity index (χ3v) is 7.27. The molecule has 9 nitrogen and oxygen atoms in total. The predicted octanol–water partition coefficient (Wildman–Crippen LogP) is 3.06. The Morgan fingerprint density at radius 3 is 2.24 bits per heavy atom. The second-order valence-electron chi connectivity index (χ2n) is 7.59. The number of nitrogens with one attached hydrogen (secondary N) is 1. The monoisotopic (exact) mass is 476 g/mol. The average Bonchev–Trinajstić information content (AvgIpc) is 2.84. The van der Waals surface area contributed by atoms with E-state index in [4.69, 9.17) is 14.2 Å². The number of nitrogens with zero attached hydrogens (tertiary/aromatic N) is 1. The summed E-state index contributed by atoms with van der Waals surface area (Å²) in [5.41, 5.74) is 0.549. The Kier molecular flexibility index (Phi) is 7.93. The first kappa shape index (κ1) is 24.5. The molecule has 1 amide bonds. The summed E-state index contributed by atoms with van der Waals surface area (Å²) in [6.07, 6.45) is 1.64. The number of hydrogen-bond donors (Lipinski definition) is 1. The van der Waals surface area contributed by atoms with Gasteiger partial charge in [-0.15, -0.1) is 0 Å². The maximum Gasteiger partial charge on any atom is 0.342 e. The summed E-state index contributed by atoms with van der Waals surface area (Å²) in [4.78, 5) is 25.2. The molecule has 33 heavy (non-hydrogen) atoms. The van der Waals surface area contributed by atoms with Crippen molar-refractivity contribution in [3.05, 3.63) is 48.0 Å². The van der Waals surface area contributed by atoms with E-state index in [1.54, 1.807) is 12.1 Å². The van der Waals surface area contributed by atoms with Crippen LogP contribution in [0, 0.1) is 0 Å². The number of amides is 1. The van der Waals surface area contributed by atoms with E-state index in [1.165, 1.54) is 55.8 Å². The van der Waals surface area contributed by atoms with Gasteiger partial charge in [0.25, 0.3) is 5.91 Å². The highest BCUT2D eigenvalue weighted by molar-refractivity contribution is 7.89. The van der Waals surface area contributed by atoms with Gasteiger partial charge >= 0.3 is 5.97 Å². The molecule has 0 saturated carbocycles. The number of methoxy groups -OCH3 is 2. The second kappa shape index (κ2) is 10.7. The van der Waals surface area contributed by atoms with E-state index in [0.717, 1.165) is 19.3 Å². The molecule has 0 bridgehead atoms. The number of carbonyl (C=O) groups excluding carboxylic acids is 2. The Labute approximate surface area is 193 Å². The van der Waals surface area contributed by atoms with Crippen LogP contribution in [0.15, 0.2) is 47.4 Å². The molecule has 1 aliphatic heterocycles. The molecular formula is C23H28N2O7S. The maximum absolute atomic E-state index is 12.7. The normalized spacial score (nSPS) is 15.4. The predicted molar refractivity (Wildman–Crippen MR) is 122 cm³/mol. The molecule has 1 atom stereocenters. The summed E-state index contributed by atoms with van der Waals surface area (Å²) in [5, 5.41) is 2.63. The summed E-state index contributed by atoms with van der Waals surface area (Å²) in [6, 6.07) is 10.6. The fourth-order valence-corrected chi connectivity index (χ4v) is 4.97. The first-order valence-electron chi connectivity index (χ1n) is 10.6. The van der Waals surface area contributed by atoms with Gasteiger partial charge in [-0.2, -0.15) is 4.31 Å². The molecule has 2 aromatic rings. The van der Waals surface area contributed by atoms with Crippen LogP contribution in [-0.2, 0) is 19.6 Å². The number of benzene rings is 2. The van der Waals surface area contributed by atoms with Crippen molar-refractivity contribution in [2.75, 3.05) is 32.6 Å². The molecule has 1 saturated heterocycles. The van der Waals surface area contributed by atoms with Crippen molar-refractivity contribution in [2.24, 2.45) is 0 Å². The van der Waals surface area contributed by atoms with Gasteiger partial charge < -0.3 is 19.5 Å². The van der Waals surface area contributed by atoms with E-state index in [1.807, 2.05) is 0 Å².